The van der Waals surface area contributed by atoms with Crippen LogP contribution in [0.2, 0.25) is 0 Å². The lowest BCUT2D eigenvalue weighted by molar-refractivity contribution is -0.461. The van der Waals surface area contributed by atoms with Gasteiger partial charge in [-0.05, 0) is 0 Å². The van der Waals surface area contributed by atoms with Crippen LogP contribution in [0.1, 0.15) is 6.92 Å². The molecular formula is C6H12N3+. The molecule has 9 heavy (non-hydrogen) atoms. The Morgan fingerprint density at radius 2 is 2.67 bits per heavy atom. The minimum absolute atomic E-state index is 0.639. The Labute approximate surface area is 54.9 Å². The van der Waals surface area contributed by atoms with E-state index in [2.05, 4.69) is 22.2 Å². The van der Waals surface area contributed by atoms with Crippen molar-refractivity contribution in [2.24, 2.45) is 10.9 Å². The fraction of sp³-hybridized carbons (Fsp3) is 0.667. The molecule has 1 atom stereocenters. The van der Waals surface area contributed by atoms with Crippen LogP contribution in [0.4, 0.5) is 0 Å². The smallest absolute Gasteiger partial charge is 0.235 e. The molecule has 1 heterocycles. The summed E-state index contributed by atoms with van der Waals surface area (Å²) in [6, 6.07) is 0. The molecule has 1 rings (SSSR count). The average Bonchev–Trinajstić information content (AvgIpc) is 1.79. The van der Waals surface area contributed by atoms with E-state index in [1.165, 1.54) is 0 Å². The molecular weight excluding hydrogens is 114 g/mol. The third-order valence-electron chi connectivity index (χ3n) is 1.23. The molecule has 0 aromatic rings. The van der Waals surface area contributed by atoms with Crippen molar-refractivity contribution in [1.82, 2.24) is 5.32 Å². The standard InChI is InChI=1S/C6H11N3/c1-6-2-7-4-9-5-8-3-6/h4-6H,2-3H2,1H3,(H,7,8,9)/p+1. The van der Waals surface area contributed by atoms with E-state index in [0.29, 0.717) is 5.92 Å². The first-order valence-electron chi connectivity index (χ1n) is 3.19. The fourth-order valence-electron chi connectivity index (χ4n) is 0.706. The molecule has 0 aromatic carbocycles. The Kier molecular flexibility index (Phi) is 2.24. The van der Waals surface area contributed by atoms with E-state index < -0.39 is 0 Å². The molecule has 0 fully saturated rings. The third kappa shape index (κ3) is 2.26. The van der Waals surface area contributed by atoms with E-state index in [0.717, 1.165) is 13.1 Å². The predicted octanol–water partition coefficient (Wildman–Crippen LogP) is -1.64. The summed E-state index contributed by atoms with van der Waals surface area (Å²) in [6.45, 7) is 4.08. The molecule has 0 spiro atoms. The van der Waals surface area contributed by atoms with E-state index in [1.807, 2.05) is 0 Å². The summed E-state index contributed by atoms with van der Waals surface area (Å²) in [4.78, 5) is 7.21. The van der Waals surface area contributed by atoms with Crippen LogP contribution < -0.4 is 10.3 Å². The van der Waals surface area contributed by atoms with Crippen molar-refractivity contribution in [2.75, 3.05) is 13.1 Å². The summed E-state index contributed by atoms with van der Waals surface area (Å²) in [6.07, 6.45) is 3.52. The van der Waals surface area contributed by atoms with Crippen LogP contribution in [0.15, 0.2) is 4.99 Å². The first kappa shape index (κ1) is 6.26. The largest absolute Gasteiger partial charge is 0.280 e. The highest BCUT2D eigenvalue weighted by Gasteiger charge is 2.00. The molecule has 0 aliphatic carbocycles. The maximum atomic E-state index is 4.10. The Morgan fingerprint density at radius 1 is 1.78 bits per heavy atom. The third-order valence-corrected chi connectivity index (χ3v) is 1.23. The van der Waals surface area contributed by atoms with Crippen molar-refractivity contribution in [2.45, 2.75) is 6.92 Å². The molecule has 0 aromatic heterocycles. The van der Waals surface area contributed by atoms with Gasteiger partial charge < -0.3 is 0 Å². The van der Waals surface area contributed by atoms with Gasteiger partial charge in [-0.1, -0.05) is 6.92 Å². The number of nitrogens with one attached hydrogen (secondary N) is 2. The summed E-state index contributed by atoms with van der Waals surface area (Å²) in [5, 5.41) is 2.88. The van der Waals surface area contributed by atoms with Gasteiger partial charge in [0.15, 0.2) is 6.34 Å². The van der Waals surface area contributed by atoms with Gasteiger partial charge in [0.2, 0.25) is 6.34 Å². The quantitative estimate of drug-likeness (QED) is 0.401. The number of nitrogens with zero attached hydrogens (tertiary/aromatic N) is 1. The second kappa shape index (κ2) is 3.22. The molecule has 3 nitrogen and oxygen atoms in total. The SMILES string of the molecule is CC1CN=CNC=[NH+]C1. The van der Waals surface area contributed by atoms with Crippen LogP contribution in [0.25, 0.3) is 0 Å². The highest BCUT2D eigenvalue weighted by Crippen LogP contribution is 1.88. The van der Waals surface area contributed by atoms with Crippen LogP contribution in [-0.4, -0.2) is 25.8 Å². The highest BCUT2D eigenvalue weighted by molar-refractivity contribution is 5.71. The molecule has 3 heteroatoms. The van der Waals surface area contributed by atoms with Gasteiger partial charge in [0.05, 0.1) is 6.54 Å². The van der Waals surface area contributed by atoms with Crippen molar-refractivity contribution in [3.63, 3.8) is 0 Å². The van der Waals surface area contributed by atoms with Gasteiger partial charge in [-0.2, -0.15) is 0 Å². The van der Waals surface area contributed by atoms with Gasteiger partial charge in [0, 0.05) is 12.5 Å². The molecule has 0 bridgehead atoms. The topological polar surface area (TPSA) is 38.4 Å². The maximum absolute atomic E-state index is 4.10. The second-order valence-corrected chi connectivity index (χ2v) is 2.32. The van der Waals surface area contributed by atoms with Gasteiger partial charge in [0.1, 0.15) is 0 Å². The molecule has 1 aliphatic heterocycles. The van der Waals surface area contributed by atoms with Crippen molar-refractivity contribution in [1.29, 1.82) is 0 Å². The molecule has 0 amide bonds. The van der Waals surface area contributed by atoms with Gasteiger partial charge in [-0.3, -0.25) is 9.98 Å². The molecule has 0 radical (unpaired) electrons. The first-order valence-corrected chi connectivity index (χ1v) is 3.19. The van der Waals surface area contributed by atoms with E-state index in [4.69, 9.17) is 0 Å². The van der Waals surface area contributed by atoms with E-state index in [1.54, 1.807) is 12.7 Å². The van der Waals surface area contributed by atoms with Gasteiger partial charge in [-0.15, -0.1) is 0 Å². The maximum Gasteiger partial charge on any atom is 0.235 e. The fourth-order valence-corrected chi connectivity index (χ4v) is 0.706. The molecule has 50 valence electrons. The number of rotatable bonds is 0. The average molecular weight is 126 g/mol. The summed E-state index contributed by atoms with van der Waals surface area (Å²) >= 11 is 0. The summed E-state index contributed by atoms with van der Waals surface area (Å²) < 4.78 is 0. The Hall–Kier alpha value is -0.860. The van der Waals surface area contributed by atoms with Crippen molar-refractivity contribution in [3.8, 4) is 0 Å². The normalized spacial score (nSPS) is 26.6. The highest BCUT2D eigenvalue weighted by atomic mass is 15.0. The predicted molar refractivity (Wildman–Crippen MR) is 37.6 cm³/mol. The number of hydrogen-bond donors (Lipinski definition) is 2. The van der Waals surface area contributed by atoms with Gasteiger partial charge in [0.25, 0.3) is 0 Å². The molecule has 1 unspecified atom stereocenters. The number of aliphatic imine (C=N–C) groups is 1. The van der Waals surface area contributed by atoms with E-state index in [9.17, 15) is 0 Å². The summed E-state index contributed by atoms with van der Waals surface area (Å²) in [5.41, 5.74) is 0. The summed E-state index contributed by atoms with van der Waals surface area (Å²) in [5.74, 6) is 0.639. The zero-order valence-electron chi connectivity index (χ0n) is 5.59. The zero-order chi connectivity index (χ0) is 6.53. The van der Waals surface area contributed by atoms with E-state index in [-0.39, 0.29) is 0 Å². The zero-order valence-corrected chi connectivity index (χ0v) is 5.59. The van der Waals surface area contributed by atoms with Gasteiger partial charge in [-0.25, -0.2) is 5.32 Å². The monoisotopic (exact) mass is 126 g/mol. The molecule has 0 saturated carbocycles. The first-order chi connectivity index (χ1) is 4.39. The van der Waals surface area contributed by atoms with Crippen molar-refractivity contribution in [3.05, 3.63) is 0 Å². The van der Waals surface area contributed by atoms with Crippen molar-refractivity contribution < 1.29 is 4.99 Å². The van der Waals surface area contributed by atoms with Crippen LogP contribution in [0, 0.1) is 5.92 Å². The Balaban J connectivity index is 2.40. The van der Waals surface area contributed by atoms with Crippen LogP contribution >= 0.6 is 0 Å². The van der Waals surface area contributed by atoms with Crippen molar-refractivity contribution >= 4 is 12.7 Å². The Bertz CT molecular complexity index is 114. The lowest BCUT2D eigenvalue weighted by Gasteiger charge is -2.02. The van der Waals surface area contributed by atoms with Crippen LogP contribution in [0.3, 0.4) is 0 Å². The van der Waals surface area contributed by atoms with Crippen LogP contribution in [-0.2, 0) is 0 Å². The molecule has 2 N–H and O–H groups in total. The van der Waals surface area contributed by atoms with Crippen LogP contribution in [0.5, 0.6) is 0 Å². The summed E-state index contributed by atoms with van der Waals surface area (Å²) in [7, 11) is 0. The second-order valence-electron chi connectivity index (χ2n) is 2.32. The number of hydrogen-bond acceptors (Lipinski definition) is 2. The minimum atomic E-state index is 0.639. The lowest BCUT2D eigenvalue weighted by Crippen LogP contribution is -2.73. The minimum Gasteiger partial charge on any atom is -0.280 e. The molecule has 1 aliphatic rings. The Morgan fingerprint density at radius 3 is 3.56 bits per heavy atom. The lowest BCUT2D eigenvalue weighted by atomic mass is 10.2. The van der Waals surface area contributed by atoms with E-state index >= 15 is 0 Å². The molecule has 0 saturated heterocycles. The van der Waals surface area contributed by atoms with Gasteiger partial charge >= 0.3 is 0 Å².